The van der Waals surface area contributed by atoms with Crippen LogP contribution in [-0.4, -0.2) is 44.3 Å². The van der Waals surface area contributed by atoms with Gasteiger partial charge in [0.05, 0.1) is 19.3 Å². The number of hydrogen-bond acceptors (Lipinski definition) is 3. The van der Waals surface area contributed by atoms with Crippen LogP contribution < -0.4 is 0 Å². The molecule has 4 rings (SSSR count). The summed E-state index contributed by atoms with van der Waals surface area (Å²) in [6.45, 7) is 7.06. The number of nitrogens with zero attached hydrogens (tertiary/aromatic N) is 1. The van der Waals surface area contributed by atoms with Gasteiger partial charge in [0, 0.05) is 19.6 Å². The van der Waals surface area contributed by atoms with E-state index in [-0.39, 0.29) is 12.6 Å². The second kappa shape index (κ2) is 11.1. The minimum Gasteiger partial charge on any atom is -0.465 e. The number of carbonyl (C=O) groups excluding carboxylic acids is 1. The summed E-state index contributed by atoms with van der Waals surface area (Å²) in [7, 11) is 1.43. The molecule has 1 saturated heterocycles. The lowest BCUT2D eigenvalue weighted by atomic mass is 9.86. The lowest BCUT2D eigenvalue weighted by Crippen LogP contribution is -2.40. The largest absolute Gasteiger partial charge is 0.465 e. The van der Waals surface area contributed by atoms with Crippen molar-refractivity contribution in [2.45, 2.75) is 46.0 Å². The number of rotatable bonds is 8. The summed E-state index contributed by atoms with van der Waals surface area (Å²) in [5, 5.41) is 0. The highest BCUT2D eigenvalue weighted by atomic mass is 19.1. The number of halogens is 1. The third-order valence-electron chi connectivity index (χ3n) is 6.76. The fourth-order valence-corrected chi connectivity index (χ4v) is 5.20. The summed E-state index contributed by atoms with van der Waals surface area (Å²) in [6, 6.07) is 14.9. The van der Waals surface area contributed by atoms with Crippen molar-refractivity contribution in [2.24, 2.45) is 5.92 Å². The Balaban J connectivity index is 1.63. The van der Waals surface area contributed by atoms with E-state index in [1.807, 2.05) is 12.1 Å². The quantitative estimate of drug-likeness (QED) is 0.409. The standard InChI is InChI=1S/C30H36FNO2/c1-21(2)16-26-7-4-6-25-18-27(30(33)34-3)12-13-28(25)29(26)24-10-8-22(9-11-24)17-23-19-32(20-23)15-5-14-31/h8-13,17-18,21H,4-7,14-16,19-20H2,1-3H3. The van der Waals surface area contributed by atoms with E-state index in [1.165, 1.54) is 46.1 Å². The van der Waals surface area contributed by atoms with Crippen LogP contribution in [0.4, 0.5) is 4.39 Å². The van der Waals surface area contributed by atoms with Gasteiger partial charge in [-0.2, -0.15) is 0 Å². The number of likely N-dealkylation sites (tertiary alicyclic amines) is 1. The minimum absolute atomic E-state index is 0.237. The van der Waals surface area contributed by atoms with Crippen molar-refractivity contribution in [3.63, 3.8) is 0 Å². The van der Waals surface area contributed by atoms with Gasteiger partial charge in [-0.1, -0.05) is 55.8 Å². The van der Waals surface area contributed by atoms with E-state index in [2.05, 4.69) is 55.2 Å². The highest BCUT2D eigenvalue weighted by Gasteiger charge is 2.22. The molecule has 34 heavy (non-hydrogen) atoms. The number of hydrogen-bond donors (Lipinski definition) is 0. The minimum atomic E-state index is -0.281. The number of allylic oxidation sites excluding steroid dienone is 1. The molecule has 180 valence electrons. The van der Waals surface area contributed by atoms with Gasteiger partial charge in [-0.25, -0.2) is 4.79 Å². The monoisotopic (exact) mass is 461 g/mol. The average molecular weight is 462 g/mol. The Kier molecular flexibility index (Phi) is 7.99. The lowest BCUT2D eigenvalue weighted by Gasteiger charge is -2.33. The van der Waals surface area contributed by atoms with Gasteiger partial charge in [0.25, 0.3) is 0 Å². The number of benzene rings is 2. The molecule has 0 bridgehead atoms. The van der Waals surface area contributed by atoms with Crippen LogP contribution in [0.25, 0.3) is 11.6 Å². The van der Waals surface area contributed by atoms with Crippen molar-refractivity contribution in [1.82, 2.24) is 4.90 Å². The number of ether oxygens (including phenoxy) is 1. The van der Waals surface area contributed by atoms with Crippen molar-refractivity contribution in [3.8, 4) is 0 Å². The first kappa shape index (κ1) is 24.4. The van der Waals surface area contributed by atoms with Gasteiger partial charge in [-0.15, -0.1) is 0 Å². The lowest BCUT2D eigenvalue weighted by molar-refractivity contribution is 0.0600. The maximum absolute atomic E-state index is 12.4. The van der Waals surface area contributed by atoms with E-state index < -0.39 is 0 Å². The maximum Gasteiger partial charge on any atom is 0.337 e. The van der Waals surface area contributed by atoms with Crippen molar-refractivity contribution >= 4 is 17.6 Å². The molecule has 0 spiro atoms. The Bertz CT molecular complexity index is 1070. The molecule has 1 aliphatic carbocycles. The highest BCUT2D eigenvalue weighted by Crippen LogP contribution is 2.38. The van der Waals surface area contributed by atoms with Gasteiger partial charge >= 0.3 is 5.97 Å². The van der Waals surface area contributed by atoms with Crippen LogP contribution in [0.2, 0.25) is 0 Å². The summed E-state index contributed by atoms with van der Waals surface area (Å²) in [5.41, 5.74) is 9.79. The summed E-state index contributed by atoms with van der Waals surface area (Å²) >= 11 is 0. The Hall–Kier alpha value is -2.72. The van der Waals surface area contributed by atoms with Crippen LogP contribution >= 0.6 is 0 Å². The molecular weight excluding hydrogens is 425 g/mol. The number of fused-ring (bicyclic) bond motifs is 1. The predicted molar refractivity (Wildman–Crippen MR) is 138 cm³/mol. The Morgan fingerprint density at radius 1 is 1.12 bits per heavy atom. The van der Waals surface area contributed by atoms with Gasteiger partial charge in [0.15, 0.2) is 0 Å². The molecule has 1 fully saturated rings. The van der Waals surface area contributed by atoms with Crippen LogP contribution in [0.5, 0.6) is 0 Å². The average Bonchev–Trinajstić information content (AvgIpc) is 2.98. The van der Waals surface area contributed by atoms with E-state index in [1.54, 1.807) is 0 Å². The molecule has 2 aromatic carbocycles. The summed E-state index contributed by atoms with van der Waals surface area (Å²) in [6.07, 6.45) is 7.10. The fourth-order valence-electron chi connectivity index (χ4n) is 5.20. The molecule has 0 saturated carbocycles. The molecule has 0 aromatic heterocycles. The topological polar surface area (TPSA) is 29.5 Å². The molecule has 1 aliphatic heterocycles. The van der Waals surface area contributed by atoms with Gasteiger partial charge in [0.2, 0.25) is 0 Å². The molecule has 0 N–H and O–H groups in total. The van der Waals surface area contributed by atoms with Crippen molar-refractivity contribution in [1.29, 1.82) is 0 Å². The van der Waals surface area contributed by atoms with Crippen molar-refractivity contribution in [2.75, 3.05) is 33.4 Å². The van der Waals surface area contributed by atoms with Gasteiger partial charge in [-0.3, -0.25) is 9.29 Å². The number of methoxy groups -OCH3 is 1. The number of carbonyl (C=O) groups is 1. The van der Waals surface area contributed by atoms with E-state index in [0.29, 0.717) is 17.9 Å². The zero-order valence-electron chi connectivity index (χ0n) is 20.7. The maximum atomic E-state index is 12.4. The Labute approximate surface area is 203 Å². The molecule has 0 amide bonds. The first-order chi connectivity index (χ1) is 16.5. The van der Waals surface area contributed by atoms with Gasteiger partial charge in [0.1, 0.15) is 0 Å². The van der Waals surface area contributed by atoms with Gasteiger partial charge in [-0.05, 0) is 83.6 Å². The third kappa shape index (κ3) is 5.67. The predicted octanol–water partition coefficient (Wildman–Crippen LogP) is 6.72. The Morgan fingerprint density at radius 2 is 1.88 bits per heavy atom. The second-order valence-corrected chi connectivity index (χ2v) is 9.97. The molecule has 0 atom stereocenters. The fraction of sp³-hybridized carbons (Fsp3) is 0.433. The first-order valence-electron chi connectivity index (χ1n) is 12.5. The normalized spacial score (nSPS) is 16.2. The first-order valence-corrected chi connectivity index (χ1v) is 12.5. The molecular formula is C30H36FNO2. The molecule has 4 heteroatoms. The number of aryl methyl sites for hydroxylation is 1. The van der Waals surface area contributed by atoms with Crippen LogP contribution in [0.15, 0.2) is 53.6 Å². The molecule has 3 nitrogen and oxygen atoms in total. The Morgan fingerprint density at radius 3 is 2.56 bits per heavy atom. The number of alkyl halides is 1. The highest BCUT2D eigenvalue weighted by molar-refractivity contribution is 5.92. The molecule has 0 radical (unpaired) electrons. The molecule has 2 aliphatic rings. The van der Waals surface area contributed by atoms with E-state index in [0.717, 1.165) is 45.3 Å². The zero-order valence-corrected chi connectivity index (χ0v) is 20.7. The smallest absolute Gasteiger partial charge is 0.337 e. The zero-order chi connectivity index (χ0) is 24.1. The number of esters is 1. The van der Waals surface area contributed by atoms with Crippen LogP contribution in [0.3, 0.4) is 0 Å². The molecule has 2 aromatic rings. The van der Waals surface area contributed by atoms with Crippen molar-refractivity contribution in [3.05, 3.63) is 81.4 Å². The second-order valence-electron chi connectivity index (χ2n) is 9.97. The summed E-state index contributed by atoms with van der Waals surface area (Å²) in [4.78, 5) is 14.4. The third-order valence-corrected chi connectivity index (χ3v) is 6.76. The molecule has 0 unspecified atom stereocenters. The van der Waals surface area contributed by atoms with Gasteiger partial charge < -0.3 is 4.74 Å². The van der Waals surface area contributed by atoms with E-state index >= 15 is 0 Å². The molecule has 1 heterocycles. The SMILES string of the molecule is COC(=O)c1ccc2c(c1)CCCC(CC(C)C)=C2c1ccc(C=C2CN(CCCF)C2)cc1. The van der Waals surface area contributed by atoms with E-state index in [9.17, 15) is 9.18 Å². The van der Waals surface area contributed by atoms with Crippen molar-refractivity contribution < 1.29 is 13.9 Å². The van der Waals surface area contributed by atoms with Crippen LogP contribution in [-0.2, 0) is 11.2 Å². The van der Waals surface area contributed by atoms with Crippen LogP contribution in [0, 0.1) is 5.92 Å². The van der Waals surface area contributed by atoms with E-state index in [4.69, 9.17) is 4.74 Å². The summed E-state index contributed by atoms with van der Waals surface area (Å²) < 4.78 is 17.3. The van der Waals surface area contributed by atoms with Crippen LogP contribution in [0.1, 0.15) is 72.1 Å². The summed E-state index contributed by atoms with van der Waals surface area (Å²) in [5.74, 6) is 0.306.